The summed E-state index contributed by atoms with van der Waals surface area (Å²) in [6.45, 7) is 5.79. The maximum absolute atomic E-state index is 12.4. The second-order valence-electron chi connectivity index (χ2n) is 8.08. The molecule has 0 aromatic carbocycles. The lowest BCUT2D eigenvalue weighted by Gasteiger charge is -2.55. The molecule has 4 saturated carbocycles. The number of hydrogen-bond donors (Lipinski definition) is 1. The van der Waals surface area contributed by atoms with E-state index in [0.717, 1.165) is 42.8 Å². The fourth-order valence-electron chi connectivity index (χ4n) is 5.57. The van der Waals surface area contributed by atoms with E-state index in [9.17, 15) is 4.79 Å². The van der Waals surface area contributed by atoms with Gasteiger partial charge in [-0.1, -0.05) is 0 Å². The summed E-state index contributed by atoms with van der Waals surface area (Å²) in [4.78, 5) is 14.4. The third-order valence-electron chi connectivity index (χ3n) is 6.39. The molecule has 106 valence electrons. The maximum atomic E-state index is 12.4. The van der Waals surface area contributed by atoms with E-state index in [2.05, 4.69) is 10.2 Å². The Morgan fingerprint density at radius 2 is 1.68 bits per heavy atom. The van der Waals surface area contributed by atoms with Gasteiger partial charge >= 0.3 is 0 Å². The highest BCUT2D eigenvalue weighted by atomic mass is 16.2. The van der Waals surface area contributed by atoms with Crippen molar-refractivity contribution < 1.29 is 4.79 Å². The fraction of sp³-hybridized carbons (Fsp3) is 0.938. The summed E-state index contributed by atoms with van der Waals surface area (Å²) < 4.78 is 0. The number of hydrogen-bond acceptors (Lipinski definition) is 2. The lowest BCUT2D eigenvalue weighted by Crippen LogP contribution is -2.50. The molecular weight excluding hydrogens is 236 g/mol. The van der Waals surface area contributed by atoms with Crippen LogP contribution in [0, 0.1) is 29.6 Å². The molecule has 1 aliphatic heterocycles. The van der Waals surface area contributed by atoms with Gasteiger partial charge in [0.2, 0.25) is 5.91 Å². The van der Waals surface area contributed by atoms with Crippen LogP contribution in [0.1, 0.15) is 46.0 Å². The molecule has 5 aliphatic rings. The van der Waals surface area contributed by atoms with Gasteiger partial charge in [-0.05, 0) is 75.5 Å². The zero-order valence-electron chi connectivity index (χ0n) is 12.2. The Kier molecular flexibility index (Phi) is 2.55. The Bertz CT molecular complexity index is 376. The molecule has 3 nitrogen and oxygen atoms in total. The maximum Gasteiger partial charge on any atom is 0.243 e. The highest BCUT2D eigenvalue weighted by molar-refractivity contribution is 5.87. The molecule has 0 radical (unpaired) electrons. The van der Waals surface area contributed by atoms with Crippen LogP contribution in [0.25, 0.3) is 0 Å². The number of nitrogens with zero attached hydrogens (tertiary/aromatic N) is 1. The smallest absolute Gasteiger partial charge is 0.243 e. The summed E-state index contributed by atoms with van der Waals surface area (Å²) in [5.41, 5.74) is -0.341. The van der Waals surface area contributed by atoms with Gasteiger partial charge in [0, 0.05) is 6.54 Å². The molecule has 0 spiro atoms. The van der Waals surface area contributed by atoms with Gasteiger partial charge in [0.15, 0.2) is 0 Å². The molecule has 4 bridgehead atoms. The van der Waals surface area contributed by atoms with Crippen molar-refractivity contribution in [1.82, 2.24) is 10.2 Å². The first-order valence-electron chi connectivity index (χ1n) is 8.07. The summed E-state index contributed by atoms with van der Waals surface area (Å²) in [7, 11) is 0. The van der Waals surface area contributed by atoms with Gasteiger partial charge in [0.25, 0.3) is 0 Å². The monoisotopic (exact) mass is 262 g/mol. The van der Waals surface area contributed by atoms with Crippen molar-refractivity contribution in [3.05, 3.63) is 0 Å². The Hall–Kier alpha value is -0.570. The Labute approximate surface area is 116 Å². The summed E-state index contributed by atoms with van der Waals surface area (Å²) in [5, 5.41) is 3.34. The van der Waals surface area contributed by atoms with Crippen molar-refractivity contribution in [2.45, 2.75) is 51.5 Å². The predicted octanol–water partition coefficient (Wildman–Crippen LogP) is 2.23. The molecule has 1 N–H and O–H groups in total. The average molecular weight is 262 g/mol. The van der Waals surface area contributed by atoms with Crippen LogP contribution in [0.15, 0.2) is 0 Å². The second kappa shape index (κ2) is 3.97. The first kappa shape index (κ1) is 12.2. The molecule has 19 heavy (non-hydrogen) atoms. The molecule has 0 unspecified atom stereocenters. The minimum absolute atomic E-state index is 0.307. The van der Waals surface area contributed by atoms with Crippen molar-refractivity contribution in [2.75, 3.05) is 13.2 Å². The fourth-order valence-corrected chi connectivity index (χ4v) is 5.57. The quantitative estimate of drug-likeness (QED) is 0.827. The normalized spacial score (nSPS) is 47.2. The minimum Gasteiger partial charge on any atom is -0.328 e. The molecule has 5 fully saturated rings. The second-order valence-corrected chi connectivity index (χ2v) is 8.08. The van der Waals surface area contributed by atoms with E-state index < -0.39 is 0 Å². The number of carbonyl (C=O) groups is 1. The van der Waals surface area contributed by atoms with E-state index in [-0.39, 0.29) is 5.54 Å². The Morgan fingerprint density at radius 1 is 1.11 bits per heavy atom. The van der Waals surface area contributed by atoms with E-state index in [0.29, 0.717) is 5.91 Å². The third-order valence-corrected chi connectivity index (χ3v) is 6.39. The van der Waals surface area contributed by atoms with Crippen molar-refractivity contribution in [2.24, 2.45) is 29.6 Å². The van der Waals surface area contributed by atoms with Crippen molar-refractivity contribution in [1.29, 1.82) is 0 Å². The number of nitrogens with one attached hydrogen (secondary N) is 1. The van der Waals surface area contributed by atoms with Gasteiger partial charge in [-0.25, -0.2) is 0 Å². The van der Waals surface area contributed by atoms with E-state index in [1.807, 2.05) is 13.8 Å². The van der Waals surface area contributed by atoms with Crippen molar-refractivity contribution >= 4 is 5.91 Å². The molecular formula is C16H26N2O. The zero-order valence-corrected chi connectivity index (χ0v) is 12.2. The first-order valence-corrected chi connectivity index (χ1v) is 8.07. The van der Waals surface area contributed by atoms with E-state index in [1.165, 1.54) is 32.1 Å². The predicted molar refractivity (Wildman–Crippen MR) is 74.3 cm³/mol. The number of rotatable bonds is 2. The molecule has 0 aromatic heterocycles. The highest BCUT2D eigenvalue weighted by Crippen LogP contribution is 2.56. The number of carbonyl (C=O) groups excluding carboxylic acids is 1. The lowest BCUT2D eigenvalue weighted by atomic mass is 9.52. The molecule has 4 aliphatic carbocycles. The van der Waals surface area contributed by atoms with Crippen LogP contribution in [-0.4, -0.2) is 29.6 Å². The lowest BCUT2D eigenvalue weighted by molar-refractivity contribution is -0.134. The van der Waals surface area contributed by atoms with Gasteiger partial charge in [0.1, 0.15) is 0 Å². The first-order chi connectivity index (χ1) is 9.03. The topological polar surface area (TPSA) is 32.3 Å². The van der Waals surface area contributed by atoms with Crippen LogP contribution in [0.2, 0.25) is 0 Å². The van der Waals surface area contributed by atoms with Crippen LogP contribution >= 0.6 is 0 Å². The van der Waals surface area contributed by atoms with Gasteiger partial charge in [-0.2, -0.15) is 0 Å². The molecule has 1 amide bonds. The van der Waals surface area contributed by atoms with Crippen LogP contribution in [0.5, 0.6) is 0 Å². The molecule has 0 atom stereocenters. The summed E-state index contributed by atoms with van der Waals surface area (Å²) in [6.07, 6.45) is 7.33. The number of amides is 1. The van der Waals surface area contributed by atoms with Crippen LogP contribution < -0.4 is 5.32 Å². The Balaban J connectivity index is 1.48. The van der Waals surface area contributed by atoms with Gasteiger partial charge in [0.05, 0.1) is 12.2 Å². The third kappa shape index (κ3) is 1.84. The van der Waals surface area contributed by atoms with Crippen molar-refractivity contribution in [3.63, 3.8) is 0 Å². The largest absolute Gasteiger partial charge is 0.328 e. The summed E-state index contributed by atoms with van der Waals surface area (Å²) in [6, 6.07) is 0. The van der Waals surface area contributed by atoms with Gasteiger partial charge in [-0.15, -0.1) is 0 Å². The van der Waals surface area contributed by atoms with E-state index in [4.69, 9.17) is 0 Å². The molecule has 3 heteroatoms. The minimum atomic E-state index is -0.341. The summed E-state index contributed by atoms with van der Waals surface area (Å²) in [5.74, 6) is 5.01. The molecule has 0 aromatic rings. The van der Waals surface area contributed by atoms with Gasteiger partial charge in [-0.3, -0.25) is 10.1 Å². The van der Waals surface area contributed by atoms with Crippen LogP contribution in [0.4, 0.5) is 0 Å². The van der Waals surface area contributed by atoms with Crippen molar-refractivity contribution in [3.8, 4) is 0 Å². The average Bonchev–Trinajstić information content (AvgIpc) is 2.59. The molecule has 1 heterocycles. The zero-order chi connectivity index (χ0) is 13.2. The van der Waals surface area contributed by atoms with Crippen LogP contribution in [0.3, 0.4) is 0 Å². The van der Waals surface area contributed by atoms with E-state index in [1.54, 1.807) is 0 Å². The summed E-state index contributed by atoms with van der Waals surface area (Å²) >= 11 is 0. The Morgan fingerprint density at radius 3 is 2.16 bits per heavy atom. The molecule has 5 rings (SSSR count). The SMILES string of the molecule is CC1(C)NCN(CC2C3CC4CC(C3)CC2C4)C1=O. The molecule has 1 saturated heterocycles. The van der Waals surface area contributed by atoms with E-state index >= 15 is 0 Å². The van der Waals surface area contributed by atoms with Gasteiger partial charge < -0.3 is 4.90 Å². The highest BCUT2D eigenvalue weighted by Gasteiger charge is 2.49. The van der Waals surface area contributed by atoms with Crippen LogP contribution in [-0.2, 0) is 4.79 Å². The standard InChI is InChI=1S/C16H26N2O/c1-16(2)15(19)18(9-17-16)8-14-12-4-10-3-11(6-12)7-13(14)5-10/h10-14,17H,3-9H2,1-2H3.